The van der Waals surface area contributed by atoms with Crippen molar-refractivity contribution in [3.8, 4) is 17.1 Å². The Morgan fingerprint density at radius 1 is 1.04 bits per heavy atom. The van der Waals surface area contributed by atoms with Crippen molar-refractivity contribution < 1.29 is 4.74 Å². The molecule has 0 saturated heterocycles. The van der Waals surface area contributed by atoms with Crippen molar-refractivity contribution in [3.63, 3.8) is 0 Å². The number of nitrogen functional groups attached to an aromatic ring is 1. The van der Waals surface area contributed by atoms with E-state index in [9.17, 15) is 4.79 Å². The Morgan fingerprint density at radius 3 is 2.37 bits per heavy atom. The molecule has 2 N–H and O–H groups in total. The Morgan fingerprint density at radius 2 is 1.74 bits per heavy atom. The lowest BCUT2D eigenvalue weighted by atomic mass is 10.0. The number of hydrogen-bond donors (Lipinski definition) is 1. The molecule has 0 saturated carbocycles. The van der Waals surface area contributed by atoms with Crippen LogP contribution in [-0.4, -0.2) is 21.6 Å². The van der Waals surface area contributed by atoms with E-state index in [1.54, 1.807) is 14.2 Å². The molecule has 3 rings (SSSR count). The minimum atomic E-state index is -0.137. The fourth-order valence-corrected chi connectivity index (χ4v) is 2.54. The number of hydrogen-bond acceptors (Lipinski definition) is 5. The molecule has 0 fully saturated rings. The van der Waals surface area contributed by atoms with E-state index < -0.39 is 0 Å². The number of nitrogens with two attached hydrogens (primary N) is 1. The van der Waals surface area contributed by atoms with Crippen LogP contribution in [0.15, 0.2) is 53.3 Å². The lowest BCUT2D eigenvalue weighted by Crippen LogP contribution is -2.21. The van der Waals surface area contributed by atoms with Crippen LogP contribution in [0.4, 0.5) is 5.95 Å². The molecule has 6 heteroatoms. The molecular formula is C21H26N4O2. The monoisotopic (exact) mass is 366 g/mol. The number of nitrogens with zero attached hydrogens (tertiary/aromatic N) is 3. The molecule has 0 amide bonds. The molecule has 2 aromatic heterocycles. The van der Waals surface area contributed by atoms with Gasteiger partial charge in [0.25, 0.3) is 5.56 Å². The zero-order chi connectivity index (χ0) is 19.8. The predicted octanol–water partition coefficient (Wildman–Crippen LogP) is 3.24. The maximum atomic E-state index is 11.8. The van der Waals surface area contributed by atoms with E-state index in [0.717, 1.165) is 23.2 Å². The molecule has 0 bridgehead atoms. The van der Waals surface area contributed by atoms with Gasteiger partial charge in [-0.25, -0.2) is 9.97 Å². The molecule has 3 aromatic rings. The van der Waals surface area contributed by atoms with Crippen molar-refractivity contribution in [2.24, 2.45) is 7.05 Å². The second-order valence-electron chi connectivity index (χ2n) is 5.77. The predicted molar refractivity (Wildman–Crippen MR) is 109 cm³/mol. The lowest BCUT2D eigenvalue weighted by molar-refractivity contribution is 0.398. The Hall–Kier alpha value is -3.15. The van der Waals surface area contributed by atoms with Crippen molar-refractivity contribution >= 4 is 5.95 Å². The summed E-state index contributed by atoms with van der Waals surface area (Å²) < 4.78 is 6.49. The first kappa shape index (κ1) is 20.2. The number of aromatic nitrogens is 3. The second-order valence-corrected chi connectivity index (χ2v) is 5.77. The van der Waals surface area contributed by atoms with E-state index >= 15 is 0 Å². The van der Waals surface area contributed by atoms with Gasteiger partial charge < -0.3 is 10.5 Å². The van der Waals surface area contributed by atoms with Crippen LogP contribution in [0.1, 0.15) is 25.1 Å². The zero-order valence-corrected chi connectivity index (χ0v) is 16.3. The van der Waals surface area contributed by atoms with E-state index in [4.69, 9.17) is 10.5 Å². The molecule has 27 heavy (non-hydrogen) atoms. The molecule has 142 valence electrons. The number of benzene rings is 1. The van der Waals surface area contributed by atoms with Gasteiger partial charge in [-0.15, -0.1) is 0 Å². The standard InChI is InChI=1S/C19H20N4O2.C2H6/c1-23-18(24)12-15(21-19(23)20)11-8-13-6-9-14(10-7-13)16-4-3-5-17(22-16)25-2;1-2/h3-7,9-10,12H,8,11H2,1-2H3,(H2,20,21);1-2H3. The fourth-order valence-electron chi connectivity index (χ4n) is 2.54. The third kappa shape index (κ3) is 5.17. The molecule has 0 aliphatic heterocycles. The molecule has 0 radical (unpaired) electrons. The van der Waals surface area contributed by atoms with Gasteiger partial charge in [-0.1, -0.05) is 44.2 Å². The smallest absolute Gasteiger partial charge is 0.254 e. The summed E-state index contributed by atoms with van der Waals surface area (Å²) in [5, 5.41) is 0. The Labute approximate surface area is 159 Å². The number of ether oxygens (including phenoxy) is 1. The van der Waals surface area contributed by atoms with Crippen LogP contribution in [0.2, 0.25) is 0 Å². The first-order valence-electron chi connectivity index (χ1n) is 8.99. The third-order valence-corrected chi connectivity index (χ3v) is 4.07. The van der Waals surface area contributed by atoms with Gasteiger partial charge in [-0.3, -0.25) is 9.36 Å². The fraction of sp³-hybridized carbons (Fsp3) is 0.286. The summed E-state index contributed by atoms with van der Waals surface area (Å²) in [7, 11) is 3.21. The number of anilines is 1. The Bertz CT molecular complexity index is 934. The summed E-state index contributed by atoms with van der Waals surface area (Å²) >= 11 is 0. The number of aryl methyl sites for hydroxylation is 2. The third-order valence-electron chi connectivity index (χ3n) is 4.07. The lowest BCUT2D eigenvalue weighted by Gasteiger charge is -2.07. The normalized spacial score (nSPS) is 10.1. The van der Waals surface area contributed by atoms with Gasteiger partial charge in [0.05, 0.1) is 18.5 Å². The minimum absolute atomic E-state index is 0.137. The van der Waals surface area contributed by atoms with Crippen LogP contribution < -0.4 is 16.0 Å². The minimum Gasteiger partial charge on any atom is -0.481 e. The van der Waals surface area contributed by atoms with Gasteiger partial charge in [0.2, 0.25) is 11.8 Å². The summed E-state index contributed by atoms with van der Waals surface area (Å²) in [6.45, 7) is 4.00. The van der Waals surface area contributed by atoms with Crippen molar-refractivity contribution in [1.82, 2.24) is 14.5 Å². The Kier molecular flexibility index (Phi) is 7.11. The number of methoxy groups -OCH3 is 1. The van der Waals surface area contributed by atoms with Gasteiger partial charge in [0, 0.05) is 24.7 Å². The van der Waals surface area contributed by atoms with Crippen LogP contribution in [0.25, 0.3) is 11.3 Å². The van der Waals surface area contributed by atoms with Crippen molar-refractivity contribution in [2.75, 3.05) is 12.8 Å². The zero-order valence-electron chi connectivity index (χ0n) is 16.3. The van der Waals surface area contributed by atoms with E-state index in [0.29, 0.717) is 18.0 Å². The number of rotatable bonds is 5. The van der Waals surface area contributed by atoms with Gasteiger partial charge in [-0.05, 0) is 24.5 Å². The summed E-state index contributed by atoms with van der Waals surface area (Å²) in [6.07, 6.45) is 1.45. The van der Waals surface area contributed by atoms with E-state index in [1.165, 1.54) is 10.6 Å². The van der Waals surface area contributed by atoms with Gasteiger partial charge in [-0.2, -0.15) is 0 Å². The topological polar surface area (TPSA) is 83.0 Å². The van der Waals surface area contributed by atoms with Gasteiger partial charge >= 0.3 is 0 Å². The van der Waals surface area contributed by atoms with Crippen LogP contribution in [-0.2, 0) is 19.9 Å². The van der Waals surface area contributed by atoms with Gasteiger partial charge in [0.1, 0.15) is 0 Å². The summed E-state index contributed by atoms with van der Waals surface area (Å²) in [6, 6.07) is 15.4. The average molecular weight is 366 g/mol. The first-order valence-corrected chi connectivity index (χ1v) is 8.99. The second kappa shape index (κ2) is 9.52. The molecule has 2 heterocycles. The highest BCUT2D eigenvalue weighted by molar-refractivity contribution is 5.59. The van der Waals surface area contributed by atoms with Crippen LogP contribution in [0, 0.1) is 0 Å². The van der Waals surface area contributed by atoms with Crippen molar-refractivity contribution in [1.29, 1.82) is 0 Å². The Balaban J connectivity index is 0.00000126. The quantitative estimate of drug-likeness (QED) is 0.749. The SMILES string of the molecule is CC.COc1cccc(-c2ccc(CCc3cc(=O)n(C)c(N)n3)cc2)n1. The molecule has 0 spiro atoms. The first-order chi connectivity index (χ1) is 13.1. The molecule has 0 unspecified atom stereocenters. The average Bonchev–Trinajstić information content (AvgIpc) is 2.72. The molecule has 0 atom stereocenters. The maximum Gasteiger partial charge on any atom is 0.254 e. The van der Waals surface area contributed by atoms with Crippen LogP contribution in [0.5, 0.6) is 5.88 Å². The van der Waals surface area contributed by atoms with Crippen LogP contribution in [0.3, 0.4) is 0 Å². The molecule has 0 aliphatic rings. The highest BCUT2D eigenvalue weighted by Crippen LogP contribution is 2.20. The maximum absolute atomic E-state index is 11.8. The number of pyridine rings is 1. The summed E-state index contributed by atoms with van der Waals surface area (Å²) in [4.78, 5) is 20.4. The van der Waals surface area contributed by atoms with E-state index in [2.05, 4.69) is 22.1 Å². The van der Waals surface area contributed by atoms with E-state index in [-0.39, 0.29) is 11.5 Å². The van der Waals surface area contributed by atoms with Crippen molar-refractivity contribution in [2.45, 2.75) is 26.7 Å². The van der Waals surface area contributed by atoms with Crippen molar-refractivity contribution in [3.05, 3.63) is 70.1 Å². The molecule has 1 aromatic carbocycles. The summed E-state index contributed by atoms with van der Waals surface area (Å²) in [5.74, 6) is 0.831. The molecular weight excluding hydrogens is 340 g/mol. The summed E-state index contributed by atoms with van der Waals surface area (Å²) in [5.41, 5.74) is 9.36. The molecule has 6 nitrogen and oxygen atoms in total. The van der Waals surface area contributed by atoms with Crippen LogP contribution >= 0.6 is 0 Å². The highest BCUT2D eigenvalue weighted by Gasteiger charge is 2.05. The largest absolute Gasteiger partial charge is 0.481 e. The molecule has 0 aliphatic carbocycles. The van der Waals surface area contributed by atoms with E-state index in [1.807, 2.05) is 44.2 Å². The van der Waals surface area contributed by atoms with Gasteiger partial charge in [0.15, 0.2) is 0 Å². The highest BCUT2D eigenvalue weighted by atomic mass is 16.5.